The van der Waals surface area contributed by atoms with Gasteiger partial charge in [-0.2, -0.15) is 5.48 Å². The summed E-state index contributed by atoms with van der Waals surface area (Å²) in [7, 11) is 0. The Morgan fingerprint density at radius 1 is 1.40 bits per heavy atom. The maximum absolute atomic E-state index is 11.4. The van der Waals surface area contributed by atoms with E-state index in [0.717, 1.165) is 6.42 Å². The molecule has 0 aromatic rings. The van der Waals surface area contributed by atoms with Crippen LogP contribution in [-0.2, 0) is 9.63 Å². The second-order valence-electron chi connectivity index (χ2n) is 4.81. The molecule has 0 unspecified atom stereocenters. The molecule has 0 bridgehead atoms. The number of rotatable bonds is 7. The fraction of sp³-hybridized carbons (Fsp3) is 0.909. The third kappa shape index (κ3) is 8.39. The topological polar surface area (TPSA) is 50.4 Å². The number of hydrogen-bond donors (Lipinski definition) is 2. The fourth-order valence-corrected chi connectivity index (χ4v) is 0.852. The van der Waals surface area contributed by atoms with E-state index < -0.39 is 0 Å². The van der Waals surface area contributed by atoms with Gasteiger partial charge in [-0.1, -0.05) is 20.8 Å². The number of nitrogens with one attached hydrogen (secondary N) is 2. The summed E-state index contributed by atoms with van der Waals surface area (Å²) in [5, 5.41) is 2.91. The van der Waals surface area contributed by atoms with Gasteiger partial charge >= 0.3 is 0 Å². The first-order valence-electron chi connectivity index (χ1n) is 5.53. The van der Waals surface area contributed by atoms with Crippen molar-refractivity contribution in [1.82, 2.24) is 10.8 Å². The molecule has 0 saturated carbocycles. The number of carbonyl (C=O) groups is 1. The summed E-state index contributed by atoms with van der Waals surface area (Å²) in [5.74, 6) is 0.429. The Kier molecular flexibility index (Phi) is 6.52. The molecule has 0 fully saturated rings. The summed E-state index contributed by atoms with van der Waals surface area (Å²) in [5.41, 5.74) is 2.51. The van der Waals surface area contributed by atoms with E-state index in [2.05, 4.69) is 24.6 Å². The highest BCUT2D eigenvalue weighted by Crippen LogP contribution is 2.05. The van der Waals surface area contributed by atoms with Crippen LogP contribution in [0.25, 0.3) is 0 Å². The zero-order valence-corrected chi connectivity index (χ0v) is 10.5. The van der Waals surface area contributed by atoms with E-state index in [1.165, 1.54) is 0 Å². The van der Waals surface area contributed by atoms with E-state index in [0.29, 0.717) is 12.5 Å². The maximum Gasteiger partial charge on any atom is 0.236 e. The quantitative estimate of drug-likeness (QED) is 0.500. The van der Waals surface area contributed by atoms with Gasteiger partial charge in [0, 0.05) is 5.54 Å². The highest BCUT2D eigenvalue weighted by atomic mass is 16.6. The van der Waals surface area contributed by atoms with Crippen LogP contribution < -0.4 is 10.8 Å². The minimum atomic E-state index is -0.142. The van der Waals surface area contributed by atoms with Crippen molar-refractivity contribution in [3.8, 4) is 0 Å². The van der Waals surface area contributed by atoms with Gasteiger partial charge in [-0.05, 0) is 26.2 Å². The lowest BCUT2D eigenvalue weighted by atomic mass is 10.0. The van der Waals surface area contributed by atoms with Crippen LogP contribution in [0.15, 0.2) is 0 Å². The van der Waals surface area contributed by atoms with E-state index in [4.69, 9.17) is 4.84 Å². The van der Waals surface area contributed by atoms with Gasteiger partial charge in [0.15, 0.2) is 0 Å². The van der Waals surface area contributed by atoms with Crippen LogP contribution in [-0.4, -0.2) is 24.6 Å². The van der Waals surface area contributed by atoms with Crippen molar-refractivity contribution in [3.63, 3.8) is 0 Å². The van der Waals surface area contributed by atoms with Crippen molar-refractivity contribution in [2.45, 2.75) is 46.6 Å². The van der Waals surface area contributed by atoms with Gasteiger partial charge in [0.1, 0.15) is 0 Å². The van der Waals surface area contributed by atoms with Crippen LogP contribution in [0, 0.1) is 5.92 Å². The van der Waals surface area contributed by atoms with Crippen LogP contribution in [0.2, 0.25) is 0 Å². The predicted molar refractivity (Wildman–Crippen MR) is 61.3 cm³/mol. The van der Waals surface area contributed by atoms with Crippen LogP contribution in [0.5, 0.6) is 0 Å². The van der Waals surface area contributed by atoms with Crippen LogP contribution in [0.1, 0.15) is 41.0 Å². The smallest absolute Gasteiger partial charge is 0.236 e. The molecule has 0 saturated heterocycles. The molecule has 0 aliphatic heterocycles. The fourth-order valence-electron chi connectivity index (χ4n) is 0.852. The van der Waals surface area contributed by atoms with Crippen LogP contribution in [0.3, 0.4) is 0 Å². The van der Waals surface area contributed by atoms with Crippen molar-refractivity contribution in [1.29, 1.82) is 0 Å². The number of hydroxylamine groups is 1. The second kappa shape index (κ2) is 6.80. The first-order valence-corrected chi connectivity index (χ1v) is 5.53. The summed E-state index contributed by atoms with van der Waals surface area (Å²) in [6.45, 7) is 11.0. The molecule has 0 radical (unpaired) electrons. The van der Waals surface area contributed by atoms with Crippen LogP contribution >= 0.6 is 0 Å². The summed E-state index contributed by atoms with van der Waals surface area (Å²) >= 11 is 0. The Labute approximate surface area is 92.7 Å². The van der Waals surface area contributed by atoms with Crippen molar-refractivity contribution in [3.05, 3.63) is 0 Å². The molecule has 0 heterocycles. The normalized spacial score (nSPS) is 11.9. The number of hydrogen-bond acceptors (Lipinski definition) is 3. The van der Waals surface area contributed by atoms with Gasteiger partial charge in [0.2, 0.25) is 5.91 Å². The monoisotopic (exact) mass is 216 g/mol. The van der Waals surface area contributed by atoms with Crippen molar-refractivity contribution >= 4 is 5.91 Å². The zero-order chi connectivity index (χ0) is 11.9. The van der Waals surface area contributed by atoms with E-state index in [1.807, 2.05) is 20.8 Å². The average molecular weight is 216 g/mol. The molecule has 4 heteroatoms. The van der Waals surface area contributed by atoms with E-state index >= 15 is 0 Å². The number of amides is 1. The minimum absolute atomic E-state index is 0.0365. The Balaban J connectivity index is 3.58. The zero-order valence-electron chi connectivity index (χ0n) is 10.5. The van der Waals surface area contributed by atoms with Crippen molar-refractivity contribution in [2.24, 2.45) is 5.92 Å². The molecule has 1 amide bonds. The molecule has 0 aliphatic carbocycles. The number of carbonyl (C=O) groups excluding carboxylic acids is 1. The van der Waals surface area contributed by atoms with Gasteiger partial charge in [-0.25, -0.2) is 0 Å². The first kappa shape index (κ1) is 14.4. The Bertz CT molecular complexity index is 191. The molecule has 0 aliphatic rings. The predicted octanol–water partition coefficient (Wildman–Crippen LogP) is 1.47. The van der Waals surface area contributed by atoms with Gasteiger partial charge in [-0.3, -0.25) is 4.79 Å². The Morgan fingerprint density at radius 2 is 2.00 bits per heavy atom. The summed E-state index contributed by atoms with van der Waals surface area (Å²) < 4.78 is 0. The second-order valence-corrected chi connectivity index (χ2v) is 4.81. The van der Waals surface area contributed by atoms with Gasteiger partial charge < -0.3 is 10.2 Å². The largest absolute Gasteiger partial charge is 0.350 e. The molecule has 0 spiro atoms. The molecule has 0 aromatic heterocycles. The van der Waals surface area contributed by atoms with Crippen molar-refractivity contribution in [2.75, 3.05) is 13.2 Å². The highest BCUT2D eigenvalue weighted by molar-refractivity contribution is 5.78. The molecular weight excluding hydrogens is 192 g/mol. The lowest BCUT2D eigenvalue weighted by molar-refractivity contribution is -0.124. The standard InChI is InChI=1S/C11H24N2O2/c1-6-11(4,5)13-10(14)7-12-15-8-9(2)3/h9,12H,6-8H2,1-5H3,(H,13,14). The average Bonchev–Trinajstić information content (AvgIpc) is 2.11. The van der Waals surface area contributed by atoms with Gasteiger partial charge in [-0.15, -0.1) is 0 Å². The third-order valence-corrected chi connectivity index (χ3v) is 2.11. The minimum Gasteiger partial charge on any atom is -0.350 e. The lowest BCUT2D eigenvalue weighted by Crippen LogP contribution is -2.46. The lowest BCUT2D eigenvalue weighted by Gasteiger charge is -2.24. The molecule has 90 valence electrons. The molecule has 15 heavy (non-hydrogen) atoms. The van der Waals surface area contributed by atoms with E-state index in [-0.39, 0.29) is 18.0 Å². The van der Waals surface area contributed by atoms with Gasteiger partial charge in [0.25, 0.3) is 0 Å². The van der Waals surface area contributed by atoms with Crippen LogP contribution in [0.4, 0.5) is 0 Å². The van der Waals surface area contributed by atoms with E-state index in [9.17, 15) is 4.79 Å². The molecule has 4 nitrogen and oxygen atoms in total. The maximum atomic E-state index is 11.4. The van der Waals surface area contributed by atoms with Crippen molar-refractivity contribution < 1.29 is 9.63 Å². The molecule has 0 aromatic carbocycles. The SMILES string of the molecule is CCC(C)(C)NC(=O)CNOCC(C)C. The summed E-state index contributed by atoms with van der Waals surface area (Å²) in [4.78, 5) is 16.5. The highest BCUT2D eigenvalue weighted by Gasteiger charge is 2.17. The molecule has 0 rings (SSSR count). The summed E-state index contributed by atoms with van der Waals surface area (Å²) in [6.07, 6.45) is 0.908. The molecule has 0 atom stereocenters. The molecule has 2 N–H and O–H groups in total. The Hall–Kier alpha value is -0.610. The first-order chi connectivity index (χ1) is 6.87. The van der Waals surface area contributed by atoms with E-state index in [1.54, 1.807) is 0 Å². The molecular formula is C11H24N2O2. The van der Waals surface area contributed by atoms with Gasteiger partial charge in [0.05, 0.1) is 13.2 Å². The third-order valence-electron chi connectivity index (χ3n) is 2.11. The summed E-state index contributed by atoms with van der Waals surface area (Å²) in [6, 6.07) is 0. The Morgan fingerprint density at radius 3 is 2.47 bits per heavy atom.